The molecule has 1 aromatic carbocycles. The summed E-state index contributed by atoms with van der Waals surface area (Å²) in [6, 6.07) is 0.564. The molecule has 0 unspecified atom stereocenters. The molecule has 0 radical (unpaired) electrons. The number of rotatable bonds is 4. The van der Waals surface area contributed by atoms with Crippen LogP contribution in [0.5, 0.6) is 5.75 Å². The van der Waals surface area contributed by atoms with E-state index in [-0.39, 0.29) is 11.3 Å². The summed E-state index contributed by atoms with van der Waals surface area (Å²) < 4.78 is 0. The number of fused-ring (bicyclic) bond motifs is 3. The molecular formula is C28H36N2O8S. The van der Waals surface area contributed by atoms with Crippen molar-refractivity contribution in [2.24, 2.45) is 17.6 Å². The number of aromatic hydroxyl groups is 1. The summed E-state index contributed by atoms with van der Waals surface area (Å²) in [6.45, 7) is 7.41. The molecule has 1 aromatic rings. The van der Waals surface area contributed by atoms with Crippen molar-refractivity contribution in [3.63, 3.8) is 0 Å². The van der Waals surface area contributed by atoms with Crippen molar-refractivity contribution in [1.29, 1.82) is 0 Å². The minimum atomic E-state index is -2.93. The number of aliphatic hydroxyl groups excluding tert-OH is 3. The first-order valence-electron chi connectivity index (χ1n) is 12.6. The van der Waals surface area contributed by atoms with E-state index in [1.165, 1.54) is 30.8 Å². The van der Waals surface area contributed by atoms with Crippen LogP contribution in [0.3, 0.4) is 0 Å². The molecule has 6 atom stereocenters. The lowest BCUT2D eigenvalue weighted by molar-refractivity contribution is -0.162. The van der Waals surface area contributed by atoms with E-state index < -0.39 is 81.1 Å². The summed E-state index contributed by atoms with van der Waals surface area (Å²) in [5, 5.41) is 57.5. The number of phenolic OH excluding ortho intramolecular Hbond substituents is 1. The molecule has 10 nitrogen and oxygen atoms in total. The first kappa shape index (κ1) is 29.1. The average molecular weight is 561 g/mol. The minimum Gasteiger partial charge on any atom is -0.510 e. The Morgan fingerprint density at radius 3 is 2.26 bits per heavy atom. The molecule has 0 fully saturated rings. The maximum atomic E-state index is 14.1. The lowest BCUT2D eigenvalue weighted by Gasteiger charge is -2.53. The molecule has 39 heavy (non-hydrogen) atoms. The second kappa shape index (κ2) is 9.36. The van der Waals surface area contributed by atoms with Crippen LogP contribution in [0.25, 0.3) is 0 Å². The van der Waals surface area contributed by atoms with E-state index in [0.717, 1.165) is 5.56 Å². The van der Waals surface area contributed by atoms with Crippen LogP contribution in [0, 0.1) is 11.8 Å². The van der Waals surface area contributed by atoms with E-state index in [1.54, 1.807) is 6.92 Å². The Hall–Kier alpha value is -2.86. The number of carbonyl (C=O) groups is 3. The van der Waals surface area contributed by atoms with Gasteiger partial charge in [0.1, 0.15) is 22.8 Å². The molecule has 3 aliphatic carbocycles. The summed E-state index contributed by atoms with van der Waals surface area (Å²) in [4.78, 5) is 41.2. The fourth-order valence-corrected chi connectivity index (χ4v) is 7.27. The number of carbonyl (C=O) groups excluding carboxylic acids is 3. The van der Waals surface area contributed by atoms with Crippen molar-refractivity contribution in [1.82, 2.24) is 4.90 Å². The Kier molecular flexibility index (Phi) is 6.99. The van der Waals surface area contributed by atoms with Gasteiger partial charge >= 0.3 is 0 Å². The number of ketones is 2. The van der Waals surface area contributed by atoms with Crippen LogP contribution >= 0.6 is 11.8 Å². The van der Waals surface area contributed by atoms with E-state index in [4.69, 9.17) is 5.73 Å². The van der Waals surface area contributed by atoms with Gasteiger partial charge in [0, 0.05) is 22.8 Å². The zero-order chi connectivity index (χ0) is 29.5. The van der Waals surface area contributed by atoms with Crippen LogP contribution in [0.1, 0.15) is 60.7 Å². The molecule has 0 bridgehead atoms. The van der Waals surface area contributed by atoms with Crippen molar-refractivity contribution in [3.05, 3.63) is 51.0 Å². The highest BCUT2D eigenvalue weighted by molar-refractivity contribution is 7.97. The number of likely N-dealkylation sites (N-methyl/N-ethyl adjacent to an activating group) is 1. The number of Topliss-reactive ketones (excluding diaryl/α,β-unsaturated/α-hetero) is 2. The molecule has 212 valence electrons. The quantitative estimate of drug-likeness (QED) is 0.297. The van der Waals surface area contributed by atoms with E-state index in [9.17, 15) is 39.9 Å². The maximum Gasteiger partial charge on any atom is 0.255 e. The molecule has 0 spiro atoms. The Morgan fingerprint density at radius 1 is 1.18 bits per heavy atom. The number of nitrogens with zero attached hydrogens (tertiary/aromatic N) is 1. The molecule has 11 heteroatoms. The van der Waals surface area contributed by atoms with Gasteiger partial charge in [0.25, 0.3) is 5.91 Å². The van der Waals surface area contributed by atoms with E-state index in [2.05, 4.69) is 0 Å². The van der Waals surface area contributed by atoms with Crippen molar-refractivity contribution in [2.45, 2.75) is 62.5 Å². The highest BCUT2D eigenvalue weighted by atomic mass is 32.2. The normalized spacial score (nSPS) is 30.9. The number of phenols is 1. The van der Waals surface area contributed by atoms with Crippen LogP contribution in [-0.2, 0) is 20.8 Å². The van der Waals surface area contributed by atoms with Crippen LogP contribution in [0.4, 0.5) is 0 Å². The summed E-state index contributed by atoms with van der Waals surface area (Å²) in [6.07, 6.45) is 0.284. The standard InChI is InChI=1S/C28H36N2O8S/c1-10-13-11(9-39-7)8-12(27(2,3)4)20(31)15(13)21(32)16-14(10)22(33)18-19(30(5)6)23(34)17(26(29)37)25(36)28(18,38)24(16)35/h8,10,14,18-19,22,31,33-35,38H,9H2,1-7H3,(H2,29,37)/t10-,14+,18-,19+,22-,28-/m1/s1. The Balaban J connectivity index is 2.10. The highest BCUT2D eigenvalue weighted by Crippen LogP contribution is 2.57. The molecule has 0 aliphatic heterocycles. The fourth-order valence-electron chi connectivity index (χ4n) is 6.72. The molecular weight excluding hydrogens is 524 g/mol. The maximum absolute atomic E-state index is 14.1. The number of amides is 1. The van der Waals surface area contributed by atoms with Crippen LogP contribution < -0.4 is 5.73 Å². The van der Waals surface area contributed by atoms with Crippen molar-refractivity contribution >= 4 is 29.2 Å². The predicted octanol–water partition coefficient (Wildman–Crippen LogP) is 1.81. The lowest BCUT2D eigenvalue weighted by Crippen LogP contribution is -2.68. The summed E-state index contributed by atoms with van der Waals surface area (Å²) in [5.74, 6) is -8.32. The van der Waals surface area contributed by atoms with Gasteiger partial charge in [-0.2, -0.15) is 11.8 Å². The van der Waals surface area contributed by atoms with Gasteiger partial charge in [-0.05, 0) is 42.8 Å². The number of primary amides is 1. The summed E-state index contributed by atoms with van der Waals surface area (Å²) in [5.41, 5.74) is 2.35. The van der Waals surface area contributed by atoms with Gasteiger partial charge in [-0.3, -0.25) is 19.3 Å². The second-order valence-electron chi connectivity index (χ2n) is 12.0. The first-order valence-corrected chi connectivity index (χ1v) is 14.0. The van der Waals surface area contributed by atoms with Crippen LogP contribution in [-0.4, -0.2) is 86.0 Å². The monoisotopic (exact) mass is 560 g/mol. The van der Waals surface area contributed by atoms with Crippen molar-refractivity contribution in [2.75, 3.05) is 20.4 Å². The lowest BCUT2D eigenvalue weighted by atomic mass is 9.54. The van der Waals surface area contributed by atoms with E-state index in [0.29, 0.717) is 16.9 Å². The highest BCUT2D eigenvalue weighted by Gasteiger charge is 2.67. The largest absolute Gasteiger partial charge is 0.510 e. The third-order valence-corrected chi connectivity index (χ3v) is 9.02. The number of benzene rings is 1. The van der Waals surface area contributed by atoms with Gasteiger partial charge < -0.3 is 31.3 Å². The molecule has 0 heterocycles. The summed E-state index contributed by atoms with van der Waals surface area (Å²) >= 11 is 1.52. The van der Waals surface area contributed by atoms with Gasteiger partial charge in [-0.1, -0.05) is 33.8 Å². The number of aliphatic hydroxyl groups is 4. The fraction of sp³-hybridized carbons (Fsp3) is 0.536. The molecule has 0 saturated heterocycles. The third kappa shape index (κ3) is 3.85. The topological polar surface area (TPSA) is 182 Å². The first-order chi connectivity index (χ1) is 17.9. The van der Waals surface area contributed by atoms with Crippen LogP contribution in [0.15, 0.2) is 28.7 Å². The van der Waals surface area contributed by atoms with Gasteiger partial charge in [0.15, 0.2) is 11.4 Å². The van der Waals surface area contributed by atoms with Crippen molar-refractivity contribution in [3.8, 4) is 5.75 Å². The zero-order valence-electron chi connectivity index (χ0n) is 23.1. The minimum absolute atomic E-state index is 0.0491. The zero-order valence-corrected chi connectivity index (χ0v) is 23.9. The predicted molar refractivity (Wildman–Crippen MR) is 146 cm³/mol. The SMILES string of the molecule is CSCc1cc(C(C)(C)C)c(O)c2c1[C@@H](C)[C@H]1C(=C(O)[C@@]3(O)C(=O)C(C(N)=O)=C(O)[C@@H](N(C)C)[C@@H]3[C@@H]1O)C2=O. The summed E-state index contributed by atoms with van der Waals surface area (Å²) in [7, 11) is 3.01. The average Bonchev–Trinajstić information content (AvgIpc) is 2.81. The second-order valence-corrected chi connectivity index (χ2v) is 12.8. The van der Waals surface area contributed by atoms with Gasteiger partial charge in [0.05, 0.1) is 23.6 Å². The van der Waals surface area contributed by atoms with Crippen LogP contribution in [0.2, 0.25) is 0 Å². The van der Waals surface area contributed by atoms with Crippen molar-refractivity contribution < 1.29 is 39.9 Å². The molecule has 1 amide bonds. The molecule has 3 aliphatic rings. The number of hydrogen-bond donors (Lipinski definition) is 6. The number of thioether (sulfide) groups is 1. The molecule has 4 rings (SSSR count). The smallest absolute Gasteiger partial charge is 0.255 e. The van der Waals surface area contributed by atoms with E-state index >= 15 is 0 Å². The van der Waals surface area contributed by atoms with Gasteiger partial charge in [-0.15, -0.1) is 0 Å². The molecule has 0 saturated carbocycles. The molecule has 7 N–H and O–H groups in total. The Labute approximate surface area is 231 Å². The van der Waals surface area contributed by atoms with Gasteiger partial charge in [0.2, 0.25) is 5.78 Å². The molecule has 0 aromatic heterocycles. The number of nitrogens with two attached hydrogens (primary N) is 1. The van der Waals surface area contributed by atoms with Gasteiger partial charge in [-0.25, -0.2) is 0 Å². The third-order valence-electron chi connectivity index (χ3n) is 8.42. The van der Waals surface area contributed by atoms with E-state index in [1.807, 2.05) is 33.1 Å². The Morgan fingerprint density at radius 2 is 1.77 bits per heavy atom. The Bertz CT molecular complexity index is 1360. The number of hydrogen-bond acceptors (Lipinski definition) is 10.